The third kappa shape index (κ3) is 5.79. The summed E-state index contributed by atoms with van der Waals surface area (Å²) in [5.41, 5.74) is 1.78. The lowest BCUT2D eigenvalue weighted by atomic mass is 10.0. The van der Waals surface area contributed by atoms with E-state index in [1.54, 1.807) is 48.6 Å². The van der Waals surface area contributed by atoms with Gasteiger partial charge in [-0.3, -0.25) is 30.3 Å². The highest BCUT2D eigenvalue weighted by Gasteiger charge is 2.22. The number of nitro groups is 3. The van der Waals surface area contributed by atoms with Crippen LogP contribution in [0.3, 0.4) is 0 Å². The smallest absolute Gasteiger partial charge is 0.277 e. The van der Waals surface area contributed by atoms with E-state index in [2.05, 4.69) is 15.0 Å². The molecule has 260 valence electrons. The first kappa shape index (κ1) is 32.6. The van der Waals surface area contributed by atoms with Crippen LogP contribution < -0.4 is 0 Å². The van der Waals surface area contributed by atoms with Crippen LogP contribution in [0.1, 0.15) is 11.4 Å². The zero-order valence-electron chi connectivity index (χ0n) is 26.7. The van der Waals surface area contributed by atoms with Gasteiger partial charge in [-0.15, -0.1) is 0 Å². The van der Waals surface area contributed by atoms with Gasteiger partial charge in [-0.25, -0.2) is 18.2 Å². The molecule has 0 spiro atoms. The number of hydrogen-bond donors (Lipinski definition) is 3. The van der Waals surface area contributed by atoms with E-state index in [9.17, 15) is 43.5 Å². The van der Waals surface area contributed by atoms with Gasteiger partial charge in [0.15, 0.2) is 0 Å². The van der Waals surface area contributed by atoms with Crippen molar-refractivity contribution in [2.45, 2.75) is 0 Å². The number of nitrogens with one attached hydrogen (secondary N) is 3. The fraction of sp³-hybridized carbons (Fsp3) is 0. The summed E-state index contributed by atoms with van der Waals surface area (Å²) in [4.78, 5) is 48.0. The van der Waals surface area contributed by atoms with Crippen LogP contribution in [0.2, 0.25) is 0 Å². The number of nitrogens with zero attached hydrogens (tertiary/aromatic N) is 4. The van der Waals surface area contributed by atoms with Gasteiger partial charge in [-0.2, -0.15) is 0 Å². The van der Waals surface area contributed by atoms with Crippen LogP contribution in [0.25, 0.3) is 78.6 Å². The first-order chi connectivity index (χ1) is 25.4. The number of hydrogen-bond acceptors (Lipinski definition) is 7. The molecule has 0 amide bonds. The summed E-state index contributed by atoms with van der Waals surface area (Å²) in [7, 11) is 0. The van der Waals surface area contributed by atoms with E-state index < -0.39 is 49.3 Å². The summed E-state index contributed by atoms with van der Waals surface area (Å²) >= 11 is 0. The predicted octanol–water partition coefficient (Wildman–Crippen LogP) is 9.84. The van der Waals surface area contributed by atoms with Crippen molar-refractivity contribution in [2.24, 2.45) is 0 Å². The van der Waals surface area contributed by atoms with E-state index in [4.69, 9.17) is 4.98 Å². The third-order valence-electron chi connectivity index (χ3n) is 8.77. The zero-order valence-corrected chi connectivity index (χ0v) is 26.7. The molecule has 0 saturated heterocycles. The lowest BCUT2D eigenvalue weighted by Crippen LogP contribution is -1.94. The average molecular weight is 716 g/mol. The molecule has 1 aliphatic rings. The van der Waals surface area contributed by atoms with Gasteiger partial charge in [0.05, 0.1) is 49.4 Å². The molecule has 0 fully saturated rings. The maximum Gasteiger partial charge on any atom is 0.277 e. The number of aromatic nitrogens is 4. The van der Waals surface area contributed by atoms with Crippen LogP contribution in [0.15, 0.2) is 91.0 Å². The molecule has 3 N–H and O–H groups in total. The predicted molar refractivity (Wildman–Crippen MR) is 191 cm³/mol. The highest BCUT2D eigenvalue weighted by atomic mass is 19.1. The van der Waals surface area contributed by atoms with E-state index in [1.165, 1.54) is 12.1 Å². The van der Waals surface area contributed by atoms with Crippen LogP contribution >= 0.6 is 0 Å². The second-order valence-corrected chi connectivity index (χ2v) is 12.0. The fourth-order valence-corrected chi connectivity index (χ4v) is 6.56. The number of rotatable bonds is 6. The van der Waals surface area contributed by atoms with Crippen molar-refractivity contribution in [3.63, 3.8) is 0 Å². The molecular formula is C37H20F3N7O6. The van der Waals surface area contributed by atoms with E-state index in [0.29, 0.717) is 22.2 Å². The number of non-ortho nitro benzene ring substituents is 2. The largest absolute Gasteiger partial charge is 0.354 e. The number of fused-ring (bicyclic) bond motifs is 9. The minimum atomic E-state index is -0.882. The molecule has 4 aromatic heterocycles. The van der Waals surface area contributed by atoms with Gasteiger partial charge in [-0.05, 0) is 83.9 Å². The molecule has 0 radical (unpaired) electrons. The monoisotopic (exact) mass is 715 g/mol. The SMILES string of the molecule is O=[N+]([O-])c1cc(F)cc(-c2c3nc(c4ccc([nH]4)c(-c4cc(F)cc([N+](=O)[O-])c4)c4ccc([nH]4)c(-c4cc(F)ccc4[N+](=O)[O-])c4ccc2[nH]4)C=C3)c1. The Labute approximate surface area is 293 Å². The maximum absolute atomic E-state index is 14.9. The zero-order chi connectivity index (χ0) is 37.1. The summed E-state index contributed by atoms with van der Waals surface area (Å²) in [6.07, 6.45) is 3.27. The van der Waals surface area contributed by atoms with Gasteiger partial charge < -0.3 is 15.0 Å². The van der Waals surface area contributed by atoms with Crippen molar-refractivity contribution in [2.75, 3.05) is 0 Å². The minimum Gasteiger partial charge on any atom is -0.354 e. The molecule has 53 heavy (non-hydrogen) atoms. The minimum absolute atomic E-state index is 0.0926. The number of nitro benzene ring substituents is 3. The highest BCUT2D eigenvalue weighted by Crippen LogP contribution is 2.40. The van der Waals surface area contributed by atoms with Crippen molar-refractivity contribution >= 4 is 62.3 Å². The van der Waals surface area contributed by atoms with E-state index in [-0.39, 0.29) is 55.6 Å². The summed E-state index contributed by atoms with van der Waals surface area (Å²) in [5.74, 6) is -2.54. The Morgan fingerprint density at radius 3 is 1.49 bits per heavy atom. The van der Waals surface area contributed by atoms with Crippen LogP contribution in [0, 0.1) is 47.8 Å². The van der Waals surface area contributed by atoms with Gasteiger partial charge in [-0.1, -0.05) is 0 Å². The lowest BCUT2D eigenvalue weighted by Gasteiger charge is -2.06. The van der Waals surface area contributed by atoms with Gasteiger partial charge in [0.2, 0.25) is 0 Å². The normalized spacial score (nSPS) is 11.7. The number of halogens is 3. The summed E-state index contributed by atoms with van der Waals surface area (Å²) in [5, 5.41) is 35.8. The van der Waals surface area contributed by atoms with Crippen molar-refractivity contribution in [3.8, 4) is 33.4 Å². The molecule has 0 atom stereocenters. The van der Waals surface area contributed by atoms with Crippen LogP contribution in [0.5, 0.6) is 0 Å². The molecule has 3 aromatic carbocycles. The van der Waals surface area contributed by atoms with Gasteiger partial charge in [0, 0.05) is 62.5 Å². The first-order valence-electron chi connectivity index (χ1n) is 15.6. The van der Waals surface area contributed by atoms with Crippen LogP contribution in [-0.2, 0) is 0 Å². The molecule has 13 nitrogen and oxygen atoms in total. The maximum atomic E-state index is 14.9. The van der Waals surface area contributed by atoms with E-state index in [0.717, 1.165) is 42.5 Å². The Bertz CT molecular complexity index is 2890. The molecule has 0 unspecified atom stereocenters. The van der Waals surface area contributed by atoms with Gasteiger partial charge in [0.1, 0.15) is 17.5 Å². The Morgan fingerprint density at radius 2 is 0.943 bits per heavy atom. The molecule has 7 aromatic rings. The van der Waals surface area contributed by atoms with E-state index in [1.807, 2.05) is 0 Å². The van der Waals surface area contributed by atoms with Crippen molar-refractivity contribution in [3.05, 3.63) is 150 Å². The molecule has 16 heteroatoms. The summed E-state index contributed by atoms with van der Waals surface area (Å²) in [6, 6.07) is 18.7. The second-order valence-electron chi connectivity index (χ2n) is 12.0. The highest BCUT2D eigenvalue weighted by molar-refractivity contribution is 6.01. The fourth-order valence-electron chi connectivity index (χ4n) is 6.56. The van der Waals surface area contributed by atoms with Crippen molar-refractivity contribution in [1.29, 1.82) is 0 Å². The Hall–Kier alpha value is -7.62. The number of aromatic amines is 3. The molecule has 0 saturated carbocycles. The van der Waals surface area contributed by atoms with Gasteiger partial charge in [0.25, 0.3) is 17.1 Å². The quantitative estimate of drug-likeness (QED) is 0.113. The Morgan fingerprint density at radius 1 is 0.472 bits per heavy atom. The first-order valence-corrected chi connectivity index (χ1v) is 15.6. The third-order valence-corrected chi connectivity index (χ3v) is 8.77. The Balaban J connectivity index is 1.58. The van der Waals surface area contributed by atoms with Crippen molar-refractivity contribution < 1.29 is 27.9 Å². The molecule has 8 rings (SSSR count). The Kier molecular flexibility index (Phi) is 7.56. The number of benzene rings is 3. The van der Waals surface area contributed by atoms with Gasteiger partial charge >= 0.3 is 0 Å². The average Bonchev–Trinajstić information content (AvgIpc) is 3.94. The topological polar surface area (TPSA) is 190 Å². The van der Waals surface area contributed by atoms with E-state index >= 15 is 0 Å². The summed E-state index contributed by atoms with van der Waals surface area (Å²) < 4.78 is 44.7. The molecule has 0 aliphatic carbocycles. The second kappa shape index (κ2) is 12.3. The lowest BCUT2D eigenvalue weighted by molar-refractivity contribution is -0.385. The molecule has 8 bridgehead atoms. The van der Waals surface area contributed by atoms with Crippen LogP contribution in [-0.4, -0.2) is 34.7 Å². The number of H-pyrrole nitrogens is 3. The molecule has 5 heterocycles. The van der Waals surface area contributed by atoms with Crippen LogP contribution in [0.4, 0.5) is 30.2 Å². The standard InChI is InChI=1S/C37H20F3N7O6/c38-20-1-10-34(47(52)53)25(17-20)37-32-8-6-30(43-32)35(18-11-21(39)15-23(13-18)45(48)49)28-4-2-26(41-28)27-3-5-29(42-27)36(31-7-9-33(37)44-31)19-12-22(40)16-24(14-19)46(50)51/h1-17,41,43-44H. The van der Waals surface area contributed by atoms with Crippen molar-refractivity contribution in [1.82, 2.24) is 19.9 Å². The molecular weight excluding hydrogens is 695 g/mol. The molecule has 1 aliphatic heterocycles. The summed E-state index contributed by atoms with van der Waals surface area (Å²) in [6.45, 7) is 0.